The second kappa shape index (κ2) is 12.4. The summed E-state index contributed by atoms with van der Waals surface area (Å²) in [6, 6.07) is 22.1. The fourth-order valence-electron chi connectivity index (χ4n) is 4.80. The maximum absolute atomic E-state index is 13.2. The standard InChI is InChI=1S/C32H32N6O4/c1-5-38(6-2)26-17-18-27-30(29(26)37-34-19-33)36-28-24(20-7-11-22(40-3)12-8-20)15-16-25(31(28)42-27)35-32(39)21-9-13-23(41-4)14-10-21/h7-19H,5-6H2,1-4H3,(H2,33,34)(H,35,39). The van der Waals surface area contributed by atoms with E-state index in [1.54, 1.807) is 38.5 Å². The van der Waals surface area contributed by atoms with Crippen molar-refractivity contribution >= 4 is 34.7 Å². The lowest BCUT2D eigenvalue weighted by Gasteiger charge is -2.22. The SMILES string of the molecule is CCN(CC)c1ccc2oc3c(NC(=O)c4ccc(OC)cc4)ccc(-c4ccc(OC)cc4)c3nc-2c1=NN=CN. The number of carbonyl (C=O) groups excluding carboxylic acids is 1. The van der Waals surface area contributed by atoms with Gasteiger partial charge in [0.1, 0.15) is 34.4 Å². The number of anilines is 2. The lowest BCUT2D eigenvalue weighted by molar-refractivity contribution is 0.102. The van der Waals surface area contributed by atoms with Crippen LogP contribution < -0.4 is 30.8 Å². The molecule has 0 radical (unpaired) electrons. The monoisotopic (exact) mass is 564 g/mol. The van der Waals surface area contributed by atoms with Gasteiger partial charge in [-0.25, -0.2) is 4.98 Å². The molecule has 5 rings (SSSR count). The van der Waals surface area contributed by atoms with Crippen LogP contribution in [0.25, 0.3) is 33.7 Å². The maximum atomic E-state index is 13.2. The predicted octanol–water partition coefficient (Wildman–Crippen LogP) is 5.52. The third kappa shape index (κ3) is 5.46. The Morgan fingerprint density at radius 3 is 2.24 bits per heavy atom. The van der Waals surface area contributed by atoms with Crippen molar-refractivity contribution in [3.63, 3.8) is 0 Å². The van der Waals surface area contributed by atoms with E-state index in [9.17, 15) is 4.79 Å². The number of ether oxygens (including phenoxy) is 2. The summed E-state index contributed by atoms with van der Waals surface area (Å²) in [6.07, 6.45) is 1.14. The number of hydrogen-bond donors (Lipinski definition) is 2. The molecule has 1 aliphatic heterocycles. The molecule has 214 valence electrons. The van der Waals surface area contributed by atoms with Gasteiger partial charge in [0.2, 0.25) is 0 Å². The predicted molar refractivity (Wildman–Crippen MR) is 165 cm³/mol. The third-order valence-corrected chi connectivity index (χ3v) is 6.99. The number of carbonyl (C=O) groups is 1. The summed E-state index contributed by atoms with van der Waals surface area (Å²) in [5.41, 5.74) is 10.6. The molecule has 0 bridgehead atoms. The number of fused-ring (bicyclic) bond motifs is 2. The first kappa shape index (κ1) is 28.2. The molecule has 0 atom stereocenters. The van der Waals surface area contributed by atoms with Crippen LogP contribution in [0.3, 0.4) is 0 Å². The molecule has 0 aromatic heterocycles. The Balaban J connectivity index is 1.75. The van der Waals surface area contributed by atoms with Crippen LogP contribution >= 0.6 is 0 Å². The molecule has 0 saturated carbocycles. The van der Waals surface area contributed by atoms with Crippen molar-refractivity contribution in [3.05, 3.63) is 83.7 Å². The van der Waals surface area contributed by atoms with Crippen LogP contribution in [0.1, 0.15) is 24.2 Å². The third-order valence-electron chi connectivity index (χ3n) is 6.99. The summed E-state index contributed by atoms with van der Waals surface area (Å²) in [7, 11) is 3.20. The van der Waals surface area contributed by atoms with Gasteiger partial charge in [0.05, 0.1) is 25.6 Å². The summed E-state index contributed by atoms with van der Waals surface area (Å²) in [6.45, 7) is 5.67. The highest BCUT2D eigenvalue weighted by Crippen LogP contribution is 2.36. The van der Waals surface area contributed by atoms with E-state index in [1.165, 1.54) is 0 Å². The van der Waals surface area contributed by atoms with Crippen LogP contribution in [0.5, 0.6) is 11.5 Å². The first-order valence-corrected chi connectivity index (χ1v) is 13.5. The highest BCUT2D eigenvalue weighted by Gasteiger charge is 2.21. The number of nitrogens with zero attached hydrogens (tertiary/aromatic N) is 4. The molecule has 10 nitrogen and oxygen atoms in total. The van der Waals surface area contributed by atoms with Gasteiger partial charge in [-0.15, -0.1) is 10.2 Å². The van der Waals surface area contributed by atoms with Crippen molar-refractivity contribution in [2.75, 3.05) is 37.5 Å². The second-order valence-corrected chi connectivity index (χ2v) is 9.28. The molecule has 0 fully saturated rings. The van der Waals surface area contributed by atoms with E-state index in [2.05, 4.69) is 34.3 Å². The average Bonchev–Trinajstić information content (AvgIpc) is 3.04. The first-order valence-electron chi connectivity index (χ1n) is 13.5. The van der Waals surface area contributed by atoms with Crippen molar-refractivity contribution in [2.45, 2.75) is 13.8 Å². The van der Waals surface area contributed by atoms with Gasteiger partial charge in [-0.3, -0.25) is 4.79 Å². The zero-order chi connectivity index (χ0) is 29.6. The topological polar surface area (TPSA) is 128 Å². The Labute approximate surface area is 243 Å². The van der Waals surface area contributed by atoms with Crippen LogP contribution in [-0.2, 0) is 0 Å². The van der Waals surface area contributed by atoms with Crippen molar-refractivity contribution in [1.29, 1.82) is 0 Å². The molecule has 0 unspecified atom stereocenters. The number of hydrogen-bond acceptors (Lipinski definition) is 8. The Hall–Kier alpha value is -5.38. The summed E-state index contributed by atoms with van der Waals surface area (Å²) < 4.78 is 17.1. The van der Waals surface area contributed by atoms with Gasteiger partial charge in [0.25, 0.3) is 5.91 Å². The van der Waals surface area contributed by atoms with Crippen LogP contribution in [0.15, 0.2) is 87.4 Å². The molecule has 10 heteroatoms. The minimum Gasteiger partial charge on any atom is -0.497 e. The van der Waals surface area contributed by atoms with E-state index >= 15 is 0 Å². The number of nitrogens with two attached hydrogens (primary N) is 1. The fraction of sp³-hybridized carbons (Fsp3) is 0.188. The lowest BCUT2D eigenvalue weighted by Crippen LogP contribution is -2.29. The van der Waals surface area contributed by atoms with Gasteiger partial charge in [-0.05, 0) is 80.1 Å². The highest BCUT2D eigenvalue weighted by atomic mass is 16.5. The number of nitrogens with one attached hydrogen (secondary N) is 1. The summed E-state index contributed by atoms with van der Waals surface area (Å²) >= 11 is 0. The Morgan fingerprint density at radius 2 is 1.62 bits per heavy atom. The number of amides is 1. The van der Waals surface area contributed by atoms with Crippen LogP contribution in [0, 0.1) is 0 Å². The quantitative estimate of drug-likeness (QED) is 0.104. The molecule has 3 aromatic carbocycles. The normalized spacial score (nSPS) is 11.8. The number of aromatic nitrogens is 1. The van der Waals surface area contributed by atoms with E-state index < -0.39 is 0 Å². The first-order chi connectivity index (χ1) is 20.5. The molecule has 1 amide bonds. The molecule has 0 spiro atoms. The molecular formula is C32H32N6O4. The number of benzene rings is 4. The summed E-state index contributed by atoms with van der Waals surface area (Å²) in [4.78, 5) is 20.5. The van der Waals surface area contributed by atoms with Crippen LogP contribution in [0.2, 0.25) is 0 Å². The molecular weight excluding hydrogens is 532 g/mol. The summed E-state index contributed by atoms with van der Waals surface area (Å²) in [5, 5.41) is 11.9. The number of rotatable bonds is 9. The van der Waals surface area contributed by atoms with Gasteiger partial charge in [0, 0.05) is 24.2 Å². The van der Waals surface area contributed by atoms with Gasteiger partial charge < -0.3 is 29.8 Å². The van der Waals surface area contributed by atoms with Crippen molar-refractivity contribution < 1.29 is 18.7 Å². The van der Waals surface area contributed by atoms with Gasteiger partial charge in [-0.1, -0.05) is 12.1 Å². The van der Waals surface area contributed by atoms with E-state index in [0.29, 0.717) is 44.9 Å². The minimum atomic E-state index is -0.295. The maximum Gasteiger partial charge on any atom is 0.255 e. The van der Waals surface area contributed by atoms with Crippen LogP contribution in [0.4, 0.5) is 11.4 Å². The zero-order valence-electron chi connectivity index (χ0n) is 23.9. The Morgan fingerprint density at radius 1 is 0.952 bits per heavy atom. The molecule has 42 heavy (non-hydrogen) atoms. The van der Waals surface area contributed by atoms with Crippen molar-refractivity contribution in [2.24, 2.45) is 15.9 Å². The number of methoxy groups -OCH3 is 2. The Bertz CT molecular complexity index is 1770. The average molecular weight is 565 g/mol. The zero-order valence-corrected chi connectivity index (χ0v) is 23.9. The lowest BCUT2D eigenvalue weighted by atomic mass is 10.0. The molecule has 3 aromatic rings. The molecule has 1 heterocycles. The Kier molecular flexibility index (Phi) is 8.33. The van der Waals surface area contributed by atoms with E-state index in [1.807, 2.05) is 48.5 Å². The van der Waals surface area contributed by atoms with Gasteiger partial charge >= 0.3 is 0 Å². The highest BCUT2D eigenvalue weighted by molar-refractivity contribution is 6.09. The second-order valence-electron chi connectivity index (χ2n) is 9.28. The van der Waals surface area contributed by atoms with E-state index in [0.717, 1.165) is 42.0 Å². The largest absolute Gasteiger partial charge is 0.497 e. The molecule has 2 aliphatic rings. The smallest absolute Gasteiger partial charge is 0.255 e. The van der Waals surface area contributed by atoms with Gasteiger partial charge in [0.15, 0.2) is 11.3 Å². The van der Waals surface area contributed by atoms with Crippen molar-refractivity contribution in [1.82, 2.24) is 4.98 Å². The van der Waals surface area contributed by atoms with E-state index in [-0.39, 0.29) is 5.91 Å². The summed E-state index contributed by atoms with van der Waals surface area (Å²) in [5.74, 6) is 1.59. The van der Waals surface area contributed by atoms with Crippen molar-refractivity contribution in [3.8, 4) is 34.1 Å². The molecule has 3 N–H and O–H groups in total. The minimum absolute atomic E-state index is 0.295. The molecule has 0 saturated heterocycles. The van der Waals surface area contributed by atoms with E-state index in [4.69, 9.17) is 24.6 Å². The molecule has 1 aliphatic carbocycles. The fourth-order valence-corrected chi connectivity index (χ4v) is 4.80. The van der Waals surface area contributed by atoms with Gasteiger partial charge in [-0.2, -0.15) is 0 Å². The van der Waals surface area contributed by atoms with Crippen LogP contribution in [-0.4, -0.2) is 44.5 Å².